The van der Waals surface area contributed by atoms with Crippen molar-refractivity contribution in [3.63, 3.8) is 0 Å². The fraction of sp³-hybridized carbons (Fsp3) is 0.714. The quantitative estimate of drug-likeness (QED) is 0.810. The number of amides is 3. The Morgan fingerprint density at radius 3 is 2.74 bits per heavy atom. The van der Waals surface area contributed by atoms with Gasteiger partial charge in [-0.15, -0.1) is 5.10 Å². The fourth-order valence-electron chi connectivity index (χ4n) is 2.98. The maximum Gasteiger partial charge on any atom is 0.324 e. The number of rotatable bonds is 2. The van der Waals surface area contributed by atoms with Crippen LogP contribution in [0.25, 0.3) is 0 Å². The monoisotopic (exact) mass is 322 g/mol. The minimum atomic E-state index is -0.261. The molecule has 3 rings (SSSR count). The molecule has 3 amide bonds. The lowest BCUT2D eigenvalue weighted by molar-refractivity contribution is -0.141. The second kappa shape index (κ2) is 6.95. The smallest absolute Gasteiger partial charge is 0.324 e. The topological polar surface area (TPSA) is 103 Å². The zero-order chi connectivity index (χ0) is 16.2. The summed E-state index contributed by atoms with van der Waals surface area (Å²) in [6, 6.07) is -0.261. The summed E-state index contributed by atoms with van der Waals surface area (Å²) >= 11 is 0. The number of aromatic nitrogens is 3. The van der Waals surface area contributed by atoms with E-state index in [1.807, 2.05) is 4.90 Å². The van der Waals surface area contributed by atoms with E-state index >= 15 is 0 Å². The van der Waals surface area contributed by atoms with Crippen molar-refractivity contribution in [1.29, 1.82) is 0 Å². The number of H-pyrrole nitrogens is 1. The van der Waals surface area contributed by atoms with Crippen LogP contribution < -0.4 is 5.32 Å². The number of urea groups is 1. The van der Waals surface area contributed by atoms with Gasteiger partial charge in [0.15, 0.2) is 0 Å². The Labute approximate surface area is 134 Å². The Hall–Kier alpha value is -2.16. The molecule has 0 aliphatic carbocycles. The second-order valence-electron chi connectivity index (χ2n) is 5.90. The molecule has 0 saturated carbocycles. The molecule has 1 aromatic rings. The van der Waals surface area contributed by atoms with Gasteiger partial charge < -0.3 is 14.5 Å². The zero-order valence-corrected chi connectivity index (χ0v) is 13.2. The Bertz CT molecular complexity index is 569. The van der Waals surface area contributed by atoms with Crippen LogP contribution in [0.3, 0.4) is 0 Å². The van der Waals surface area contributed by atoms with Crippen molar-refractivity contribution in [2.75, 3.05) is 44.7 Å². The summed E-state index contributed by atoms with van der Waals surface area (Å²) in [5.41, 5.74) is 0. The molecule has 2 aliphatic heterocycles. The van der Waals surface area contributed by atoms with Gasteiger partial charge >= 0.3 is 6.03 Å². The van der Waals surface area contributed by atoms with Gasteiger partial charge in [-0.3, -0.25) is 15.2 Å². The van der Waals surface area contributed by atoms with Gasteiger partial charge in [-0.05, 0) is 19.8 Å². The number of hydrogen-bond acceptors (Lipinski definition) is 5. The second-order valence-corrected chi connectivity index (χ2v) is 5.90. The van der Waals surface area contributed by atoms with Gasteiger partial charge in [0.05, 0.1) is 19.1 Å². The van der Waals surface area contributed by atoms with E-state index in [0.29, 0.717) is 45.2 Å². The van der Waals surface area contributed by atoms with Gasteiger partial charge in [0.25, 0.3) is 0 Å². The lowest BCUT2D eigenvalue weighted by Gasteiger charge is -2.36. The Morgan fingerprint density at radius 1 is 1.26 bits per heavy atom. The summed E-state index contributed by atoms with van der Waals surface area (Å²) in [6.45, 7) is 5.30. The summed E-state index contributed by atoms with van der Waals surface area (Å²) in [4.78, 5) is 32.4. The number of ether oxygens (including phenoxy) is 1. The molecule has 0 unspecified atom stereocenters. The van der Waals surface area contributed by atoms with E-state index in [1.54, 1.807) is 11.8 Å². The Morgan fingerprint density at radius 2 is 2.04 bits per heavy atom. The van der Waals surface area contributed by atoms with E-state index < -0.39 is 0 Å². The van der Waals surface area contributed by atoms with Gasteiger partial charge in [0, 0.05) is 26.2 Å². The molecule has 0 spiro atoms. The SMILES string of the molecule is Cc1nc(NC(=O)N2CCC[C@H](C(=O)N3CCOCC3)C2)n[nH]1. The van der Waals surface area contributed by atoms with Crippen molar-refractivity contribution in [3.8, 4) is 0 Å². The lowest BCUT2D eigenvalue weighted by atomic mass is 9.96. The molecule has 126 valence electrons. The molecule has 1 atom stereocenters. The first kappa shape index (κ1) is 15.7. The first-order valence-electron chi connectivity index (χ1n) is 7.95. The van der Waals surface area contributed by atoms with Crippen LogP contribution in [0.15, 0.2) is 0 Å². The average Bonchev–Trinajstić information content (AvgIpc) is 3.00. The summed E-state index contributed by atoms with van der Waals surface area (Å²) < 4.78 is 5.28. The van der Waals surface area contributed by atoms with Crippen molar-refractivity contribution in [2.24, 2.45) is 5.92 Å². The molecular formula is C14H22N6O3. The highest BCUT2D eigenvalue weighted by atomic mass is 16.5. The molecule has 23 heavy (non-hydrogen) atoms. The number of anilines is 1. The van der Waals surface area contributed by atoms with E-state index in [9.17, 15) is 9.59 Å². The first-order chi connectivity index (χ1) is 11.1. The molecule has 1 aromatic heterocycles. The van der Waals surface area contributed by atoms with Crippen LogP contribution >= 0.6 is 0 Å². The van der Waals surface area contributed by atoms with Gasteiger partial charge in [-0.25, -0.2) is 4.79 Å². The highest BCUT2D eigenvalue weighted by Gasteiger charge is 2.32. The third kappa shape index (κ3) is 3.79. The van der Waals surface area contributed by atoms with Crippen LogP contribution in [0.2, 0.25) is 0 Å². The molecule has 2 saturated heterocycles. The number of aromatic amines is 1. The van der Waals surface area contributed by atoms with Gasteiger partial charge in [-0.2, -0.15) is 4.98 Å². The highest BCUT2D eigenvalue weighted by Crippen LogP contribution is 2.20. The number of likely N-dealkylation sites (tertiary alicyclic amines) is 1. The number of aryl methyl sites for hydroxylation is 1. The minimum Gasteiger partial charge on any atom is -0.378 e. The predicted octanol–water partition coefficient (Wildman–Crippen LogP) is 0.216. The number of carbonyl (C=O) groups is 2. The predicted molar refractivity (Wildman–Crippen MR) is 81.8 cm³/mol. The van der Waals surface area contributed by atoms with E-state index in [4.69, 9.17) is 4.74 Å². The van der Waals surface area contributed by atoms with Crippen LogP contribution in [0.1, 0.15) is 18.7 Å². The van der Waals surface area contributed by atoms with Crippen LogP contribution in [0.5, 0.6) is 0 Å². The first-order valence-corrected chi connectivity index (χ1v) is 7.95. The number of hydrogen-bond donors (Lipinski definition) is 2. The Kier molecular flexibility index (Phi) is 4.75. The van der Waals surface area contributed by atoms with Crippen molar-refractivity contribution in [3.05, 3.63) is 5.82 Å². The van der Waals surface area contributed by atoms with Crippen molar-refractivity contribution in [2.45, 2.75) is 19.8 Å². The molecule has 0 radical (unpaired) electrons. The number of morpholine rings is 1. The third-order valence-electron chi connectivity index (χ3n) is 4.20. The minimum absolute atomic E-state index is 0.125. The van der Waals surface area contributed by atoms with E-state index in [1.165, 1.54) is 0 Å². The van der Waals surface area contributed by atoms with Crippen molar-refractivity contribution < 1.29 is 14.3 Å². The van der Waals surface area contributed by atoms with Crippen LogP contribution in [-0.4, -0.2) is 76.3 Å². The standard InChI is InChI=1S/C14H22N6O3/c1-10-15-13(18-17-10)16-14(22)20-4-2-3-11(9-20)12(21)19-5-7-23-8-6-19/h11H,2-9H2,1H3,(H2,15,16,17,18,22)/t11-/m0/s1. The van der Waals surface area contributed by atoms with Gasteiger partial charge in [-0.1, -0.05) is 0 Å². The van der Waals surface area contributed by atoms with E-state index in [-0.39, 0.29) is 23.8 Å². The third-order valence-corrected chi connectivity index (χ3v) is 4.20. The lowest BCUT2D eigenvalue weighted by Crippen LogP contribution is -2.50. The van der Waals surface area contributed by atoms with Crippen LogP contribution in [-0.2, 0) is 9.53 Å². The average molecular weight is 322 g/mol. The molecule has 3 heterocycles. The molecule has 9 nitrogen and oxygen atoms in total. The number of piperidine rings is 1. The Balaban J connectivity index is 1.56. The number of nitrogens with zero attached hydrogens (tertiary/aromatic N) is 4. The maximum absolute atomic E-state index is 12.6. The molecule has 2 aliphatic rings. The van der Waals surface area contributed by atoms with Crippen LogP contribution in [0, 0.1) is 12.8 Å². The molecule has 9 heteroatoms. The van der Waals surface area contributed by atoms with Crippen LogP contribution in [0.4, 0.5) is 10.7 Å². The highest BCUT2D eigenvalue weighted by molar-refractivity contribution is 5.88. The summed E-state index contributed by atoms with van der Waals surface area (Å²) in [5.74, 6) is 0.884. The molecule has 2 fully saturated rings. The van der Waals surface area contributed by atoms with E-state index in [2.05, 4.69) is 20.5 Å². The summed E-state index contributed by atoms with van der Waals surface area (Å²) in [5, 5.41) is 9.23. The van der Waals surface area contributed by atoms with Gasteiger partial charge in [0.1, 0.15) is 5.82 Å². The molecular weight excluding hydrogens is 300 g/mol. The van der Waals surface area contributed by atoms with Crippen molar-refractivity contribution >= 4 is 17.9 Å². The summed E-state index contributed by atoms with van der Waals surface area (Å²) in [6.07, 6.45) is 1.64. The van der Waals surface area contributed by atoms with E-state index in [0.717, 1.165) is 12.8 Å². The van der Waals surface area contributed by atoms with Crippen molar-refractivity contribution in [1.82, 2.24) is 25.0 Å². The molecule has 0 bridgehead atoms. The fourth-order valence-corrected chi connectivity index (χ4v) is 2.98. The number of nitrogens with one attached hydrogen (secondary N) is 2. The largest absolute Gasteiger partial charge is 0.378 e. The maximum atomic E-state index is 12.6. The molecule has 0 aromatic carbocycles. The normalized spacial score (nSPS) is 22.0. The molecule has 2 N–H and O–H groups in total. The van der Waals surface area contributed by atoms with Gasteiger partial charge in [0.2, 0.25) is 11.9 Å². The zero-order valence-electron chi connectivity index (χ0n) is 13.2. The summed E-state index contributed by atoms with van der Waals surface area (Å²) in [7, 11) is 0. The number of carbonyl (C=O) groups excluding carboxylic acids is 2.